The summed E-state index contributed by atoms with van der Waals surface area (Å²) < 4.78 is 41.8. The van der Waals surface area contributed by atoms with Gasteiger partial charge in [-0.15, -0.1) is 0 Å². The monoisotopic (exact) mass is 439 g/mol. The highest BCUT2D eigenvalue weighted by Crippen LogP contribution is 2.27. The predicted octanol–water partition coefficient (Wildman–Crippen LogP) is 3.33. The van der Waals surface area contributed by atoms with Crippen molar-refractivity contribution in [2.24, 2.45) is 10.9 Å². The number of piperidine rings is 1. The molecule has 0 saturated carbocycles. The topological polar surface area (TPSA) is 71.7 Å². The summed E-state index contributed by atoms with van der Waals surface area (Å²) >= 11 is 5.73. The quantitative estimate of drug-likeness (QED) is 0.733. The lowest BCUT2D eigenvalue weighted by atomic mass is 9.97. The van der Waals surface area contributed by atoms with E-state index in [1.54, 1.807) is 18.3 Å². The number of sulfonamides is 1. The average Bonchev–Trinajstić information content (AvgIpc) is 2.69. The van der Waals surface area contributed by atoms with Crippen LogP contribution in [-0.4, -0.2) is 42.3 Å². The third kappa shape index (κ3) is 4.76. The smallest absolute Gasteiger partial charge is 0.243 e. The van der Waals surface area contributed by atoms with Crippen LogP contribution in [0.1, 0.15) is 31.5 Å². The Labute approximate surface area is 174 Å². The molecule has 0 spiro atoms. The maximum atomic E-state index is 13.4. The SMILES string of the molecule is CC(C)N=c1ccccn1C(=O)C1CCN(S(=O)(=O)c2ccc(F)c(Cl)c2)CC1. The van der Waals surface area contributed by atoms with E-state index in [-0.39, 0.29) is 40.9 Å². The van der Waals surface area contributed by atoms with E-state index < -0.39 is 15.8 Å². The predicted molar refractivity (Wildman–Crippen MR) is 109 cm³/mol. The van der Waals surface area contributed by atoms with Crippen molar-refractivity contribution >= 4 is 27.5 Å². The first-order valence-corrected chi connectivity index (χ1v) is 11.2. The molecule has 9 heteroatoms. The van der Waals surface area contributed by atoms with Crippen molar-refractivity contribution in [3.05, 3.63) is 58.9 Å². The van der Waals surface area contributed by atoms with Gasteiger partial charge in [0.25, 0.3) is 0 Å². The maximum absolute atomic E-state index is 13.4. The zero-order chi connectivity index (χ0) is 21.2. The minimum atomic E-state index is -3.79. The van der Waals surface area contributed by atoms with Crippen LogP contribution < -0.4 is 5.49 Å². The highest BCUT2D eigenvalue weighted by atomic mass is 35.5. The van der Waals surface area contributed by atoms with Crippen molar-refractivity contribution in [3.8, 4) is 0 Å². The molecule has 1 aliphatic rings. The van der Waals surface area contributed by atoms with Crippen molar-refractivity contribution < 1.29 is 17.6 Å². The van der Waals surface area contributed by atoms with Gasteiger partial charge in [0.05, 0.1) is 9.92 Å². The van der Waals surface area contributed by atoms with Crippen molar-refractivity contribution in [3.63, 3.8) is 0 Å². The van der Waals surface area contributed by atoms with Crippen molar-refractivity contribution in [1.29, 1.82) is 0 Å². The van der Waals surface area contributed by atoms with Gasteiger partial charge in [0.1, 0.15) is 11.3 Å². The summed E-state index contributed by atoms with van der Waals surface area (Å²) in [5.41, 5.74) is 0.587. The van der Waals surface area contributed by atoms with Gasteiger partial charge in [-0.3, -0.25) is 14.4 Å². The Kier molecular flexibility index (Phi) is 6.55. The molecular weight excluding hydrogens is 417 g/mol. The Balaban J connectivity index is 1.75. The molecule has 1 aromatic heterocycles. The van der Waals surface area contributed by atoms with Crippen LogP contribution in [0.3, 0.4) is 0 Å². The number of hydrogen-bond acceptors (Lipinski definition) is 4. The van der Waals surface area contributed by atoms with E-state index >= 15 is 0 Å². The standard InChI is InChI=1S/C20H23ClFN3O3S/c1-14(2)23-19-5-3-4-10-25(19)20(26)15-8-11-24(12-9-15)29(27,28)16-6-7-18(22)17(21)13-16/h3-7,10,13-15H,8-9,11-12H2,1-2H3. The second-order valence-electron chi connectivity index (χ2n) is 7.24. The molecule has 0 bridgehead atoms. The van der Waals surface area contributed by atoms with Gasteiger partial charge in [-0.25, -0.2) is 12.8 Å². The van der Waals surface area contributed by atoms with E-state index in [1.165, 1.54) is 14.9 Å². The van der Waals surface area contributed by atoms with Crippen LogP contribution in [0, 0.1) is 11.7 Å². The van der Waals surface area contributed by atoms with Gasteiger partial charge in [0.15, 0.2) is 0 Å². The fourth-order valence-corrected chi connectivity index (χ4v) is 5.06. The molecule has 0 atom stereocenters. The first kappa shape index (κ1) is 21.7. The van der Waals surface area contributed by atoms with Crippen LogP contribution >= 0.6 is 11.6 Å². The molecule has 29 heavy (non-hydrogen) atoms. The number of benzene rings is 1. The van der Waals surface area contributed by atoms with Crippen LogP contribution in [0.15, 0.2) is 52.5 Å². The Morgan fingerprint density at radius 2 is 1.90 bits per heavy atom. The van der Waals surface area contributed by atoms with Crippen LogP contribution in [0.5, 0.6) is 0 Å². The zero-order valence-corrected chi connectivity index (χ0v) is 17.8. The third-order valence-corrected chi connectivity index (χ3v) is 6.98. The molecule has 1 aliphatic heterocycles. The fraction of sp³-hybridized carbons (Fsp3) is 0.400. The van der Waals surface area contributed by atoms with Crippen LogP contribution in [0.2, 0.25) is 5.02 Å². The lowest BCUT2D eigenvalue weighted by molar-refractivity contribution is 0.0781. The lowest BCUT2D eigenvalue weighted by Gasteiger charge is -2.30. The maximum Gasteiger partial charge on any atom is 0.243 e. The minimum absolute atomic E-state index is 0.0472. The number of rotatable bonds is 4. The fourth-order valence-electron chi connectivity index (χ4n) is 3.32. The first-order valence-electron chi connectivity index (χ1n) is 9.41. The van der Waals surface area contributed by atoms with Gasteiger partial charge < -0.3 is 0 Å². The normalized spacial score (nSPS) is 17.1. The second kappa shape index (κ2) is 8.77. The Hall–Kier alpha value is -2.03. The van der Waals surface area contributed by atoms with Crippen LogP contribution in [0.25, 0.3) is 0 Å². The number of hydrogen-bond donors (Lipinski definition) is 0. The van der Waals surface area contributed by atoms with Crippen LogP contribution in [0.4, 0.5) is 4.39 Å². The molecule has 1 aromatic carbocycles. The zero-order valence-electron chi connectivity index (χ0n) is 16.3. The molecule has 1 saturated heterocycles. The number of nitrogens with zero attached hydrogens (tertiary/aromatic N) is 3. The Morgan fingerprint density at radius 1 is 1.21 bits per heavy atom. The first-order chi connectivity index (χ1) is 13.7. The number of aromatic nitrogens is 1. The summed E-state index contributed by atoms with van der Waals surface area (Å²) in [6.45, 7) is 4.29. The van der Waals surface area contributed by atoms with Crippen molar-refractivity contribution in [2.45, 2.75) is 37.6 Å². The van der Waals surface area contributed by atoms with E-state index in [1.807, 2.05) is 19.9 Å². The molecule has 0 N–H and O–H groups in total. The lowest BCUT2D eigenvalue weighted by Crippen LogP contribution is -2.42. The summed E-state index contributed by atoms with van der Waals surface area (Å²) in [4.78, 5) is 17.4. The number of halogens is 2. The van der Waals surface area contributed by atoms with Gasteiger partial charge >= 0.3 is 0 Å². The molecule has 156 valence electrons. The molecule has 0 aliphatic carbocycles. The minimum Gasteiger partial charge on any atom is -0.274 e. The van der Waals surface area contributed by atoms with Crippen LogP contribution in [-0.2, 0) is 10.0 Å². The molecule has 0 unspecified atom stereocenters. The summed E-state index contributed by atoms with van der Waals surface area (Å²) in [7, 11) is -3.79. The van der Waals surface area contributed by atoms with Crippen molar-refractivity contribution in [2.75, 3.05) is 13.1 Å². The van der Waals surface area contributed by atoms with Gasteiger partial charge in [-0.1, -0.05) is 17.7 Å². The van der Waals surface area contributed by atoms with Gasteiger partial charge in [0.2, 0.25) is 15.9 Å². The molecule has 1 fully saturated rings. The van der Waals surface area contributed by atoms with Gasteiger partial charge in [-0.05, 0) is 57.0 Å². The average molecular weight is 440 g/mol. The summed E-state index contributed by atoms with van der Waals surface area (Å²) in [5.74, 6) is -1.06. The van der Waals surface area contributed by atoms with E-state index in [0.29, 0.717) is 18.3 Å². The van der Waals surface area contributed by atoms with Gasteiger partial charge in [-0.2, -0.15) is 4.31 Å². The Bertz CT molecular complexity index is 1070. The molecule has 3 rings (SSSR count). The van der Waals surface area contributed by atoms with Gasteiger partial charge in [0, 0.05) is 31.2 Å². The number of carbonyl (C=O) groups excluding carboxylic acids is 1. The highest BCUT2D eigenvalue weighted by molar-refractivity contribution is 7.89. The molecule has 0 amide bonds. The number of carbonyl (C=O) groups is 1. The Morgan fingerprint density at radius 3 is 2.52 bits per heavy atom. The molecule has 6 nitrogen and oxygen atoms in total. The molecule has 2 heterocycles. The molecular formula is C20H23ClFN3O3S. The highest BCUT2D eigenvalue weighted by Gasteiger charge is 2.33. The van der Waals surface area contributed by atoms with E-state index in [2.05, 4.69) is 4.99 Å². The summed E-state index contributed by atoms with van der Waals surface area (Å²) in [6.07, 6.45) is 2.49. The largest absolute Gasteiger partial charge is 0.274 e. The summed E-state index contributed by atoms with van der Waals surface area (Å²) in [5, 5.41) is -0.238. The second-order valence-corrected chi connectivity index (χ2v) is 9.59. The molecule has 2 aromatic rings. The van der Waals surface area contributed by atoms with E-state index in [9.17, 15) is 17.6 Å². The van der Waals surface area contributed by atoms with Crippen molar-refractivity contribution in [1.82, 2.24) is 8.87 Å². The summed E-state index contributed by atoms with van der Waals surface area (Å²) in [6, 6.07) is 8.79. The third-order valence-electron chi connectivity index (χ3n) is 4.80. The van der Waals surface area contributed by atoms with E-state index in [0.717, 1.165) is 12.1 Å². The molecule has 0 radical (unpaired) electrons. The number of pyridine rings is 1. The van der Waals surface area contributed by atoms with E-state index in [4.69, 9.17) is 11.6 Å².